The monoisotopic (exact) mass is 251 g/mol. The van der Waals surface area contributed by atoms with E-state index < -0.39 is 0 Å². The fourth-order valence-corrected chi connectivity index (χ4v) is 1.69. The summed E-state index contributed by atoms with van der Waals surface area (Å²) < 4.78 is 19.0. The van der Waals surface area contributed by atoms with Crippen molar-refractivity contribution in [3.63, 3.8) is 0 Å². The van der Waals surface area contributed by atoms with Crippen LogP contribution in [-0.2, 0) is 0 Å². The Labute approximate surface area is 109 Å². The van der Waals surface area contributed by atoms with Crippen LogP contribution in [-0.4, -0.2) is 13.2 Å². The first-order chi connectivity index (χ1) is 8.58. The van der Waals surface area contributed by atoms with Gasteiger partial charge in [-0.1, -0.05) is 20.4 Å². The Balaban J connectivity index is 2.85. The third kappa shape index (κ3) is 4.15. The highest BCUT2D eigenvalue weighted by molar-refractivity contribution is 5.36. The third-order valence-electron chi connectivity index (χ3n) is 2.88. The van der Waals surface area contributed by atoms with Gasteiger partial charge in [-0.2, -0.15) is 0 Å². The summed E-state index contributed by atoms with van der Waals surface area (Å²) in [6.45, 7) is 11.3. The molecule has 2 nitrogen and oxygen atoms in total. The van der Waals surface area contributed by atoms with Gasteiger partial charge in [0.25, 0.3) is 0 Å². The van der Waals surface area contributed by atoms with Crippen molar-refractivity contribution in [1.82, 2.24) is 5.32 Å². The fourth-order valence-electron chi connectivity index (χ4n) is 1.69. The second kappa shape index (κ2) is 7.17. The predicted molar refractivity (Wildman–Crippen MR) is 73.4 cm³/mol. The minimum Gasteiger partial charge on any atom is -0.489 e. The molecule has 100 valence electrons. The van der Waals surface area contributed by atoms with E-state index in [9.17, 15) is 4.39 Å². The summed E-state index contributed by atoms with van der Waals surface area (Å²) in [5.74, 6) is 0.482. The lowest BCUT2D eigenvalue weighted by Gasteiger charge is -2.18. The van der Waals surface area contributed by atoms with Crippen molar-refractivity contribution in [2.24, 2.45) is 0 Å². The van der Waals surface area contributed by atoms with E-state index in [1.54, 1.807) is 6.07 Å². The molecule has 0 aliphatic carbocycles. The number of hydrogen-bond donors (Lipinski definition) is 1. The molecule has 0 saturated carbocycles. The molecule has 0 aliphatic heterocycles. The number of ether oxygens (including phenoxy) is 1. The Morgan fingerprint density at radius 1 is 1.44 bits per heavy atom. The highest BCUT2D eigenvalue weighted by atomic mass is 19.1. The van der Waals surface area contributed by atoms with Crippen LogP contribution in [0.5, 0.6) is 5.75 Å². The Morgan fingerprint density at radius 3 is 2.78 bits per heavy atom. The molecule has 1 N–H and O–H groups in total. The van der Waals surface area contributed by atoms with Crippen molar-refractivity contribution in [2.75, 3.05) is 13.2 Å². The number of hydrogen-bond acceptors (Lipinski definition) is 2. The molecule has 1 unspecified atom stereocenters. The third-order valence-corrected chi connectivity index (χ3v) is 2.88. The minimum atomic E-state index is -0.239. The summed E-state index contributed by atoms with van der Waals surface area (Å²) in [4.78, 5) is 0. The molecule has 0 radical (unpaired) electrons. The predicted octanol–water partition coefficient (Wildman–Crippen LogP) is 3.84. The van der Waals surface area contributed by atoms with Crippen molar-refractivity contribution in [1.29, 1.82) is 0 Å². The van der Waals surface area contributed by atoms with Gasteiger partial charge in [-0.3, -0.25) is 0 Å². The quantitative estimate of drug-likeness (QED) is 0.743. The van der Waals surface area contributed by atoms with Gasteiger partial charge in [-0.25, -0.2) is 4.39 Å². The summed E-state index contributed by atoms with van der Waals surface area (Å²) in [7, 11) is 0. The first-order valence-electron chi connectivity index (χ1n) is 6.40. The fraction of sp³-hybridized carbons (Fsp3) is 0.467. The van der Waals surface area contributed by atoms with Gasteiger partial charge in [-0.05, 0) is 43.7 Å². The molecule has 0 saturated heterocycles. The van der Waals surface area contributed by atoms with E-state index in [4.69, 9.17) is 4.74 Å². The maximum absolute atomic E-state index is 13.3. The maximum Gasteiger partial charge on any atom is 0.124 e. The minimum absolute atomic E-state index is 0.0654. The van der Waals surface area contributed by atoms with Crippen molar-refractivity contribution in [3.8, 4) is 5.75 Å². The lowest BCUT2D eigenvalue weighted by atomic mass is 10.1. The molecular weight excluding hydrogens is 229 g/mol. The zero-order valence-corrected chi connectivity index (χ0v) is 11.4. The van der Waals surface area contributed by atoms with Crippen LogP contribution in [0.15, 0.2) is 30.4 Å². The number of nitrogens with one attached hydrogen (secondary N) is 1. The molecule has 0 aromatic heterocycles. The zero-order valence-electron chi connectivity index (χ0n) is 11.4. The Bertz CT molecular complexity index is 403. The molecule has 0 fully saturated rings. The molecule has 1 aromatic carbocycles. The second-order valence-corrected chi connectivity index (χ2v) is 4.35. The van der Waals surface area contributed by atoms with Gasteiger partial charge in [0.15, 0.2) is 0 Å². The van der Waals surface area contributed by atoms with E-state index >= 15 is 0 Å². The topological polar surface area (TPSA) is 21.3 Å². The van der Waals surface area contributed by atoms with E-state index in [0.29, 0.717) is 6.61 Å². The van der Waals surface area contributed by atoms with E-state index in [1.165, 1.54) is 12.1 Å². The van der Waals surface area contributed by atoms with Crippen molar-refractivity contribution >= 4 is 0 Å². The Kier molecular flexibility index (Phi) is 5.86. The van der Waals surface area contributed by atoms with E-state index in [0.717, 1.165) is 29.9 Å². The molecule has 0 aliphatic rings. The van der Waals surface area contributed by atoms with Crippen LogP contribution < -0.4 is 10.1 Å². The number of halogens is 1. The van der Waals surface area contributed by atoms with Gasteiger partial charge in [0.05, 0.1) is 0 Å². The van der Waals surface area contributed by atoms with E-state index in [2.05, 4.69) is 11.9 Å². The summed E-state index contributed by atoms with van der Waals surface area (Å²) in [6.07, 6.45) is 0.888. The molecule has 3 heteroatoms. The standard InChI is InChI=1S/C15H22FNO/c1-5-11(3)10-18-15-8-7-13(16)9-14(15)12(4)17-6-2/h7-9,12,17H,3,5-6,10H2,1-2,4H3. The van der Waals surface area contributed by atoms with Crippen molar-refractivity contribution in [3.05, 3.63) is 41.7 Å². The summed E-state index contributed by atoms with van der Waals surface area (Å²) in [5, 5.41) is 3.26. The molecular formula is C15H22FNO. The van der Waals surface area contributed by atoms with Gasteiger partial charge in [-0.15, -0.1) is 0 Å². The Morgan fingerprint density at radius 2 is 2.17 bits per heavy atom. The van der Waals surface area contributed by atoms with Gasteiger partial charge in [0.2, 0.25) is 0 Å². The van der Waals surface area contributed by atoms with Crippen molar-refractivity contribution in [2.45, 2.75) is 33.2 Å². The van der Waals surface area contributed by atoms with Gasteiger partial charge in [0, 0.05) is 11.6 Å². The summed E-state index contributed by atoms with van der Waals surface area (Å²) >= 11 is 0. The molecule has 1 rings (SSSR count). The average molecular weight is 251 g/mol. The molecule has 0 spiro atoms. The largest absolute Gasteiger partial charge is 0.489 e. The summed E-state index contributed by atoms with van der Waals surface area (Å²) in [6, 6.07) is 4.70. The lowest BCUT2D eigenvalue weighted by molar-refractivity contribution is 0.340. The van der Waals surface area contributed by atoms with Crippen LogP contribution in [0.1, 0.15) is 38.8 Å². The molecule has 18 heavy (non-hydrogen) atoms. The van der Waals surface area contributed by atoms with Crippen LogP contribution >= 0.6 is 0 Å². The molecule has 1 aromatic rings. The second-order valence-electron chi connectivity index (χ2n) is 4.35. The average Bonchev–Trinajstić information content (AvgIpc) is 2.37. The van der Waals surface area contributed by atoms with Crippen LogP contribution in [0.25, 0.3) is 0 Å². The van der Waals surface area contributed by atoms with Crippen LogP contribution in [0, 0.1) is 5.82 Å². The smallest absolute Gasteiger partial charge is 0.124 e. The number of benzene rings is 1. The highest BCUT2D eigenvalue weighted by Crippen LogP contribution is 2.26. The lowest BCUT2D eigenvalue weighted by Crippen LogP contribution is -2.19. The first-order valence-corrected chi connectivity index (χ1v) is 6.40. The van der Waals surface area contributed by atoms with E-state index in [1.807, 2.05) is 20.8 Å². The van der Waals surface area contributed by atoms with Crippen molar-refractivity contribution < 1.29 is 9.13 Å². The van der Waals surface area contributed by atoms with Gasteiger partial charge < -0.3 is 10.1 Å². The molecule has 1 atom stereocenters. The van der Waals surface area contributed by atoms with Gasteiger partial charge in [0.1, 0.15) is 18.2 Å². The highest BCUT2D eigenvalue weighted by Gasteiger charge is 2.12. The van der Waals surface area contributed by atoms with Crippen LogP contribution in [0.4, 0.5) is 4.39 Å². The SMILES string of the molecule is C=C(CC)COc1ccc(F)cc1C(C)NCC. The maximum atomic E-state index is 13.3. The molecule has 0 bridgehead atoms. The summed E-state index contributed by atoms with van der Waals surface area (Å²) in [5.41, 5.74) is 1.88. The van der Waals surface area contributed by atoms with Crippen LogP contribution in [0.2, 0.25) is 0 Å². The first kappa shape index (κ1) is 14.7. The van der Waals surface area contributed by atoms with Crippen LogP contribution in [0.3, 0.4) is 0 Å². The van der Waals surface area contributed by atoms with Gasteiger partial charge >= 0.3 is 0 Å². The zero-order chi connectivity index (χ0) is 13.5. The Hall–Kier alpha value is -1.35. The molecule has 0 amide bonds. The number of rotatable bonds is 7. The molecule has 0 heterocycles. The normalized spacial score (nSPS) is 12.2. The van der Waals surface area contributed by atoms with E-state index in [-0.39, 0.29) is 11.9 Å².